The van der Waals surface area contributed by atoms with Crippen LogP contribution in [0, 0.1) is 0 Å². The Kier molecular flexibility index (Phi) is 5.85. The van der Waals surface area contributed by atoms with Gasteiger partial charge < -0.3 is 14.8 Å². The number of carbonyl (C=O) groups is 1. The molecule has 1 N–H and O–H groups in total. The fourth-order valence-electron chi connectivity index (χ4n) is 2.88. The van der Waals surface area contributed by atoms with Gasteiger partial charge in [0.2, 0.25) is 10.0 Å². The minimum atomic E-state index is -3.38. The summed E-state index contributed by atoms with van der Waals surface area (Å²) in [5.41, 5.74) is 0.909. The molecule has 0 atom stereocenters. The molecule has 0 aromatic heterocycles. The molecule has 0 bridgehead atoms. The Morgan fingerprint density at radius 1 is 1.15 bits per heavy atom. The van der Waals surface area contributed by atoms with Gasteiger partial charge in [0.05, 0.1) is 18.6 Å². The Labute approximate surface area is 158 Å². The Bertz CT molecular complexity index is 900. The first-order chi connectivity index (χ1) is 13.0. The summed E-state index contributed by atoms with van der Waals surface area (Å²) in [6, 6.07) is 14.0. The van der Waals surface area contributed by atoms with Crippen LogP contribution in [0.15, 0.2) is 48.5 Å². The molecule has 1 fully saturated rings. The number of nitrogens with zero attached hydrogens (tertiary/aromatic N) is 1. The van der Waals surface area contributed by atoms with Gasteiger partial charge in [0.1, 0.15) is 11.5 Å². The van der Waals surface area contributed by atoms with Gasteiger partial charge in [-0.1, -0.05) is 18.2 Å². The van der Waals surface area contributed by atoms with Gasteiger partial charge in [-0.05, 0) is 43.2 Å². The zero-order valence-corrected chi connectivity index (χ0v) is 15.9. The number of sulfonamides is 1. The smallest absolute Gasteiger partial charge is 0.262 e. The van der Waals surface area contributed by atoms with E-state index in [1.807, 2.05) is 18.2 Å². The highest BCUT2D eigenvalue weighted by Crippen LogP contribution is 2.35. The maximum atomic E-state index is 12.4. The number of methoxy groups -OCH3 is 1. The Morgan fingerprint density at radius 2 is 1.93 bits per heavy atom. The summed E-state index contributed by atoms with van der Waals surface area (Å²) in [5.74, 6) is 0.815. The maximum Gasteiger partial charge on any atom is 0.262 e. The van der Waals surface area contributed by atoms with Crippen molar-refractivity contribution in [3.05, 3.63) is 48.5 Å². The molecule has 0 aliphatic carbocycles. The van der Waals surface area contributed by atoms with Crippen molar-refractivity contribution in [1.82, 2.24) is 0 Å². The van der Waals surface area contributed by atoms with Gasteiger partial charge >= 0.3 is 0 Å². The van der Waals surface area contributed by atoms with Crippen LogP contribution >= 0.6 is 0 Å². The number of hydrogen-bond donors (Lipinski definition) is 1. The first-order valence-electron chi connectivity index (χ1n) is 8.66. The minimum Gasteiger partial charge on any atom is -0.495 e. The summed E-state index contributed by atoms with van der Waals surface area (Å²) in [4.78, 5) is 12.2. The Hall–Kier alpha value is -2.74. The number of anilines is 2. The SMILES string of the molecule is COc1ccc(NC(=O)COc2ccccc2)cc1N1CCCCS1(=O)=O. The summed E-state index contributed by atoms with van der Waals surface area (Å²) in [6.07, 6.45) is 1.43. The highest BCUT2D eigenvalue weighted by molar-refractivity contribution is 7.92. The second-order valence-corrected chi connectivity index (χ2v) is 8.14. The number of para-hydroxylation sites is 1. The zero-order chi connectivity index (χ0) is 19.3. The third-order valence-corrected chi connectivity index (χ3v) is 6.05. The Morgan fingerprint density at radius 3 is 2.63 bits per heavy atom. The molecule has 144 valence electrons. The van der Waals surface area contributed by atoms with Crippen molar-refractivity contribution in [3.8, 4) is 11.5 Å². The van der Waals surface area contributed by atoms with Gasteiger partial charge in [-0.15, -0.1) is 0 Å². The van der Waals surface area contributed by atoms with Crippen molar-refractivity contribution >= 4 is 27.3 Å². The number of rotatable bonds is 6. The van der Waals surface area contributed by atoms with E-state index in [4.69, 9.17) is 9.47 Å². The molecule has 0 spiro atoms. The summed E-state index contributed by atoms with van der Waals surface area (Å²) in [7, 11) is -1.90. The average Bonchev–Trinajstić information content (AvgIpc) is 2.67. The molecule has 0 saturated carbocycles. The number of carbonyl (C=O) groups excluding carboxylic acids is 1. The van der Waals surface area contributed by atoms with E-state index in [1.54, 1.807) is 30.3 Å². The van der Waals surface area contributed by atoms with E-state index in [0.717, 1.165) is 6.42 Å². The lowest BCUT2D eigenvalue weighted by Crippen LogP contribution is -2.38. The van der Waals surface area contributed by atoms with Crippen molar-refractivity contribution in [2.45, 2.75) is 12.8 Å². The molecule has 2 aromatic carbocycles. The van der Waals surface area contributed by atoms with Gasteiger partial charge in [-0.25, -0.2) is 8.42 Å². The highest BCUT2D eigenvalue weighted by Gasteiger charge is 2.28. The van der Waals surface area contributed by atoms with Crippen LogP contribution in [-0.2, 0) is 14.8 Å². The minimum absolute atomic E-state index is 0.109. The number of ether oxygens (including phenoxy) is 2. The third-order valence-electron chi connectivity index (χ3n) is 4.19. The van der Waals surface area contributed by atoms with Crippen LogP contribution < -0.4 is 19.1 Å². The van der Waals surface area contributed by atoms with E-state index in [9.17, 15) is 13.2 Å². The van der Waals surface area contributed by atoms with Crippen LogP contribution in [0.2, 0.25) is 0 Å². The molecule has 1 amide bonds. The highest BCUT2D eigenvalue weighted by atomic mass is 32.2. The van der Waals surface area contributed by atoms with Crippen molar-refractivity contribution in [2.75, 3.05) is 35.6 Å². The van der Waals surface area contributed by atoms with Gasteiger partial charge in [-0.2, -0.15) is 0 Å². The molecule has 1 aliphatic rings. The number of nitrogens with one attached hydrogen (secondary N) is 1. The second-order valence-electron chi connectivity index (χ2n) is 6.13. The molecule has 3 rings (SSSR count). The van der Waals surface area contributed by atoms with Crippen molar-refractivity contribution in [2.24, 2.45) is 0 Å². The van der Waals surface area contributed by atoms with Crippen molar-refractivity contribution < 1.29 is 22.7 Å². The number of amides is 1. The average molecular weight is 390 g/mol. The molecule has 1 aliphatic heterocycles. The van der Waals surface area contributed by atoms with E-state index in [-0.39, 0.29) is 18.3 Å². The fourth-order valence-corrected chi connectivity index (χ4v) is 4.52. The third kappa shape index (κ3) is 4.71. The van der Waals surface area contributed by atoms with E-state index in [0.29, 0.717) is 35.8 Å². The number of hydrogen-bond acceptors (Lipinski definition) is 5. The largest absolute Gasteiger partial charge is 0.495 e. The van der Waals surface area contributed by atoms with Crippen LogP contribution in [0.4, 0.5) is 11.4 Å². The lowest BCUT2D eigenvalue weighted by molar-refractivity contribution is -0.118. The Balaban J connectivity index is 1.74. The molecular weight excluding hydrogens is 368 g/mol. The summed E-state index contributed by atoms with van der Waals surface area (Å²) < 4.78 is 36.9. The number of benzene rings is 2. The summed E-state index contributed by atoms with van der Waals surface area (Å²) in [6.45, 7) is 0.251. The van der Waals surface area contributed by atoms with Gasteiger partial charge in [0, 0.05) is 12.2 Å². The molecule has 7 nitrogen and oxygen atoms in total. The van der Waals surface area contributed by atoms with E-state index in [2.05, 4.69) is 5.32 Å². The molecule has 27 heavy (non-hydrogen) atoms. The maximum absolute atomic E-state index is 12.4. The van der Waals surface area contributed by atoms with Crippen LogP contribution in [0.5, 0.6) is 11.5 Å². The van der Waals surface area contributed by atoms with Gasteiger partial charge in [0.15, 0.2) is 6.61 Å². The predicted molar refractivity (Wildman–Crippen MR) is 104 cm³/mol. The van der Waals surface area contributed by atoms with Crippen LogP contribution in [0.3, 0.4) is 0 Å². The van der Waals surface area contributed by atoms with Gasteiger partial charge in [0.25, 0.3) is 5.91 Å². The first-order valence-corrected chi connectivity index (χ1v) is 10.3. The van der Waals surface area contributed by atoms with Crippen LogP contribution in [0.25, 0.3) is 0 Å². The standard InChI is InChI=1S/C19H22N2O5S/c1-25-18-10-9-15(13-17(18)21-11-5-6-12-27(21,23)24)20-19(22)14-26-16-7-3-2-4-8-16/h2-4,7-10,13H,5-6,11-12,14H2,1H3,(H,20,22). The lowest BCUT2D eigenvalue weighted by atomic mass is 10.2. The summed E-state index contributed by atoms with van der Waals surface area (Å²) in [5, 5.41) is 2.73. The van der Waals surface area contributed by atoms with E-state index < -0.39 is 10.0 Å². The van der Waals surface area contributed by atoms with E-state index >= 15 is 0 Å². The first kappa shape index (κ1) is 19.0. The molecule has 2 aromatic rings. The molecule has 0 unspecified atom stereocenters. The van der Waals surface area contributed by atoms with Crippen molar-refractivity contribution in [3.63, 3.8) is 0 Å². The summed E-state index contributed by atoms with van der Waals surface area (Å²) >= 11 is 0. The monoisotopic (exact) mass is 390 g/mol. The molecule has 1 heterocycles. The molecular formula is C19H22N2O5S. The lowest BCUT2D eigenvalue weighted by Gasteiger charge is -2.29. The van der Waals surface area contributed by atoms with Crippen LogP contribution in [0.1, 0.15) is 12.8 Å². The normalized spacial score (nSPS) is 15.8. The topological polar surface area (TPSA) is 84.9 Å². The fraction of sp³-hybridized carbons (Fsp3) is 0.316. The molecule has 8 heteroatoms. The molecule has 1 saturated heterocycles. The zero-order valence-electron chi connectivity index (χ0n) is 15.1. The van der Waals surface area contributed by atoms with Crippen molar-refractivity contribution in [1.29, 1.82) is 0 Å². The van der Waals surface area contributed by atoms with Crippen LogP contribution in [-0.4, -0.2) is 40.3 Å². The predicted octanol–water partition coefficient (Wildman–Crippen LogP) is 2.64. The second kappa shape index (κ2) is 8.30. The van der Waals surface area contributed by atoms with E-state index in [1.165, 1.54) is 11.4 Å². The molecule has 0 radical (unpaired) electrons. The van der Waals surface area contributed by atoms with Gasteiger partial charge in [-0.3, -0.25) is 9.10 Å². The quantitative estimate of drug-likeness (QED) is 0.820.